The second kappa shape index (κ2) is 5.71. The van der Waals surface area contributed by atoms with Gasteiger partial charge in [0, 0.05) is 21.8 Å². The summed E-state index contributed by atoms with van der Waals surface area (Å²) < 4.78 is 1.45. The Bertz CT molecular complexity index is 616. The summed E-state index contributed by atoms with van der Waals surface area (Å²) in [6.07, 6.45) is 7.86. The van der Waals surface area contributed by atoms with E-state index >= 15 is 0 Å². The van der Waals surface area contributed by atoms with Gasteiger partial charge in [-0.05, 0) is 89.8 Å². The predicted molar refractivity (Wildman–Crippen MR) is 95.8 cm³/mol. The van der Waals surface area contributed by atoms with Crippen molar-refractivity contribution in [2.45, 2.75) is 50.6 Å². The van der Waals surface area contributed by atoms with E-state index in [9.17, 15) is 0 Å². The molecule has 1 N–H and O–H groups in total. The molecule has 0 radical (unpaired) electrons. The predicted octanol–water partition coefficient (Wildman–Crippen LogP) is 5.46. The molecule has 2 heterocycles. The third kappa shape index (κ3) is 2.49. The zero-order valence-corrected chi connectivity index (χ0v) is 15.1. The van der Waals surface area contributed by atoms with Crippen LogP contribution in [0.5, 0.6) is 0 Å². The standard InChI is InChI=1S/C16H18INS2/c17-16-9-11-13(4-2-6-15(11)20-16)18-12-3-1-5-14-10(12)7-8-19-14/h7-9,12-13,18H,1-6H2. The van der Waals surface area contributed by atoms with Crippen LogP contribution in [0.15, 0.2) is 17.5 Å². The van der Waals surface area contributed by atoms with Gasteiger partial charge in [0.05, 0.1) is 2.88 Å². The third-order valence-corrected chi connectivity index (χ3v) is 7.51. The van der Waals surface area contributed by atoms with Crippen LogP contribution < -0.4 is 5.32 Å². The van der Waals surface area contributed by atoms with Crippen molar-refractivity contribution in [3.8, 4) is 0 Å². The highest BCUT2D eigenvalue weighted by Gasteiger charge is 2.28. The van der Waals surface area contributed by atoms with Gasteiger partial charge in [0.2, 0.25) is 0 Å². The van der Waals surface area contributed by atoms with Gasteiger partial charge in [-0.2, -0.15) is 0 Å². The van der Waals surface area contributed by atoms with Gasteiger partial charge in [-0.3, -0.25) is 0 Å². The average Bonchev–Trinajstić information content (AvgIpc) is 3.05. The Morgan fingerprint density at radius 1 is 1.05 bits per heavy atom. The summed E-state index contributed by atoms with van der Waals surface area (Å²) in [5.41, 5.74) is 3.17. The molecular formula is C16H18INS2. The molecule has 2 aromatic heterocycles. The Balaban J connectivity index is 1.59. The molecule has 4 rings (SSSR count). The monoisotopic (exact) mass is 415 g/mol. The highest BCUT2D eigenvalue weighted by molar-refractivity contribution is 14.1. The van der Waals surface area contributed by atoms with Crippen molar-refractivity contribution in [1.29, 1.82) is 0 Å². The molecule has 2 aliphatic rings. The normalized spacial score (nSPS) is 25.2. The van der Waals surface area contributed by atoms with E-state index in [1.54, 1.807) is 20.9 Å². The van der Waals surface area contributed by atoms with Gasteiger partial charge in [0.15, 0.2) is 0 Å². The van der Waals surface area contributed by atoms with Crippen molar-refractivity contribution in [3.63, 3.8) is 0 Å². The highest BCUT2D eigenvalue weighted by Crippen LogP contribution is 2.40. The SMILES string of the molecule is Ic1cc2c(s1)CCCC2NC1CCCc2sccc21. The fraction of sp³-hybridized carbons (Fsp3) is 0.500. The van der Waals surface area contributed by atoms with Crippen molar-refractivity contribution in [2.24, 2.45) is 0 Å². The van der Waals surface area contributed by atoms with Crippen molar-refractivity contribution >= 4 is 45.3 Å². The summed E-state index contributed by atoms with van der Waals surface area (Å²) in [4.78, 5) is 3.24. The molecule has 0 amide bonds. The molecule has 20 heavy (non-hydrogen) atoms. The molecule has 0 fully saturated rings. The van der Waals surface area contributed by atoms with E-state index < -0.39 is 0 Å². The van der Waals surface area contributed by atoms with Crippen LogP contribution in [0.3, 0.4) is 0 Å². The first-order chi connectivity index (χ1) is 9.81. The number of nitrogens with one attached hydrogen (secondary N) is 1. The summed E-state index contributed by atoms with van der Waals surface area (Å²) in [5.74, 6) is 0. The Morgan fingerprint density at radius 2 is 1.80 bits per heavy atom. The number of hydrogen-bond donors (Lipinski definition) is 1. The third-order valence-electron chi connectivity index (χ3n) is 4.54. The number of hydrogen-bond acceptors (Lipinski definition) is 3. The number of fused-ring (bicyclic) bond motifs is 2. The fourth-order valence-electron chi connectivity index (χ4n) is 3.60. The number of halogens is 1. The van der Waals surface area contributed by atoms with Gasteiger partial charge >= 0.3 is 0 Å². The molecule has 106 valence electrons. The van der Waals surface area contributed by atoms with Crippen LogP contribution >= 0.6 is 45.3 Å². The van der Waals surface area contributed by atoms with E-state index in [0.717, 1.165) is 0 Å². The Morgan fingerprint density at radius 3 is 2.65 bits per heavy atom. The molecule has 0 saturated carbocycles. The van der Waals surface area contributed by atoms with E-state index in [0.29, 0.717) is 12.1 Å². The van der Waals surface area contributed by atoms with Crippen LogP contribution in [-0.4, -0.2) is 0 Å². The Hall–Kier alpha value is 0.0900. The van der Waals surface area contributed by atoms with E-state index in [4.69, 9.17) is 0 Å². The van der Waals surface area contributed by atoms with Crippen LogP contribution in [0.4, 0.5) is 0 Å². The van der Waals surface area contributed by atoms with Gasteiger partial charge in [-0.15, -0.1) is 22.7 Å². The largest absolute Gasteiger partial charge is 0.303 e. The minimum atomic E-state index is 0.578. The summed E-state index contributed by atoms with van der Waals surface area (Å²) >= 11 is 6.41. The number of rotatable bonds is 2. The van der Waals surface area contributed by atoms with E-state index in [1.165, 1.54) is 41.4 Å². The molecule has 0 saturated heterocycles. The second-order valence-electron chi connectivity index (χ2n) is 5.78. The van der Waals surface area contributed by atoms with Crippen molar-refractivity contribution in [1.82, 2.24) is 5.32 Å². The smallest absolute Gasteiger partial charge is 0.0659 e. The first-order valence-electron chi connectivity index (χ1n) is 7.41. The second-order valence-corrected chi connectivity index (χ2v) is 9.82. The lowest BCUT2D eigenvalue weighted by Gasteiger charge is -2.31. The van der Waals surface area contributed by atoms with Crippen LogP contribution in [0.25, 0.3) is 0 Å². The molecule has 0 bridgehead atoms. The summed E-state index contributed by atoms with van der Waals surface area (Å²) in [6.45, 7) is 0. The molecule has 0 aromatic carbocycles. The van der Waals surface area contributed by atoms with Gasteiger partial charge in [0.25, 0.3) is 0 Å². The van der Waals surface area contributed by atoms with Crippen LogP contribution in [0.2, 0.25) is 0 Å². The highest BCUT2D eigenvalue weighted by atomic mass is 127. The van der Waals surface area contributed by atoms with Crippen molar-refractivity contribution in [2.75, 3.05) is 0 Å². The average molecular weight is 415 g/mol. The molecule has 0 spiro atoms. The van der Waals surface area contributed by atoms with Gasteiger partial charge in [-0.25, -0.2) is 0 Å². The Kier molecular flexibility index (Phi) is 3.92. The molecule has 1 nitrogen and oxygen atoms in total. The topological polar surface area (TPSA) is 12.0 Å². The lowest BCUT2D eigenvalue weighted by molar-refractivity contribution is 0.373. The molecule has 2 aromatic rings. The van der Waals surface area contributed by atoms with Crippen LogP contribution in [-0.2, 0) is 12.8 Å². The fourth-order valence-corrected chi connectivity index (χ4v) is 6.70. The van der Waals surface area contributed by atoms with E-state index in [2.05, 4.69) is 45.4 Å². The van der Waals surface area contributed by atoms with E-state index in [1.807, 2.05) is 22.7 Å². The lowest BCUT2D eigenvalue weighted by Crippen LogP contribution is -2.30. The zero-order chi connectivity index (χ0) is 13.5. The van der Waals surface area contributed by atoms with Crippen molar-refractivity contribution < 1.29 is 0 Å². The zero-order valence-electron chi connectivity index (χ0n) is 11.3. The minimum absolute atomic E-state index is 0.578. The summed E-state index contributed by atoms with van der Waals surface area (Å²) in [6, 6.07) is 5.92. The quantitative estimate of drug-likeness (QED) is 0.643. The first kappa shape index (κ1) is 13.7. The minimum Gasteiger partial charge on any atom is -0.303 e. The summed E-state index contributed by atoms with van der Waals surface area (Å²) in [5, 5.41) is 6.25. The molecule has 4 heteroatoms. The molecule has 2 aliphatic carbocycles. The molecule has 0 aliphatic heterocycles. The van der Waals surface area contributed by atoms with E-state index in [-0.39, 0.29) is 0 Å². The maximum absolute atomic E-state index is 3.98. The number of aryl methyl sites for hydroxylation is 2. The maximum atomic E-state index is 3.98. The Labute approximate surface area is 141 Å². The van der Waals surface area contributed by atoms with Gasteiger partial charge in [0.1, 0.15) is 0 Å². The van der Waals surface area contributed by atoms with Gasteiger partial charge < -0.3 is 5.32 Å². The van der Waals surface area contributed by atoms with Crippen LogP contribution in [0, 0.1) is 2.88 Å². The summed E-state index contributed by atoms with van der Waals surface area (Å²) in [7, 11) is 0. The lowest BCUT2D eigenvalue weighted by atomic mass is 9.89. The first-order valence-corrected chi connectivity index (χ1v) is 10.2. The molecule has 2 atom stereocenters. The van der Waals surface area contributed by atoms with Crippen LogP contribution in [0.1, 0.15) is 58.6 Å². The van der Waals surface area contributed by atoms with Gasteiger partial charge in [-0.1, -0.05) is 0 Å². The van der Waals surface area contributed by atoms with Crippen molar-refractivity contribution in [3.05, 3.63) is 41.3 Å². The maximum Gasteiger partial charge on any atom is 0.0659 e. The molecular weight excluding hydrogens is 397 g/mol. The molecule has 2 unspecified atom stereocenters. The number of thiophene rings is 2.